The molecule has 2 rings (SSSR count). The van der Waals surface area contributed by atoms with E-state index in [1.807, 2.05) is 0 Å². The number of aromatic nitrogens is 1. The lowest BCUT2D eigenvalue weighted by atomic mass is 10.1. The molecule has 6 heteroatoms. The van der Waals surface area contributed by atoms with Crippen molar-refractivity contribution < 1.29 is 18.3 Å². The van der Waals surface area contributed by atoms with Crippen molar-refractivity contribution in [3.63, 3.8) is 0 Å². The summed E-state index contributed by atoms with van der Waals surface area (Å²) in [6, 6.07) is 1.74. The van der Waals surface area contributed by atoms with Crippen molar-refractivity contribution >= 4 is 16.9 Å². The smallest absolute Gasteiger partial charge is 0.343 e. The lowest BCUT2D eigenvalue weighted by Gasteiger charge is -2.04. The highest BCUT2D eigenvalue weighted by atomic mass is 19.1. The number of pyridine rings is 1. The van der Waals surface area contributed by atoms with Gasteiger partial charge in [0.2, 0.25) is 5.43 Å². The predicted molar refractivity (Wildman–Crippen MR) is 60.4 cm³/mol. The molecule has 0 bridgehead atoms. The van der Waals surface area contributed by atoms with E-state index in [9.17, 15) is 18.4 Å². The second-order valence-corrected chi connectivity index (χ2v) is 3.53. The Kier molecular flexibility index (Phi) is 3.10. The minimum atomic E-state index is -0.890. The van der Waals surface area contributed by atoms with Crippen LogP contribution >= 0.6 is 0 Å². The van der Waals surface area contributed by atoms with Gasteiger partial charge in [-0.25, -0.2) is 13.6 Å². The van der Waals surface area contributed by atoms with Gasteiger partial charge in [-0.3, -0.25) is 4.79 Å². The number of halogens is 2. The molecule has 0 aliphatic carbocycles. The Bertz CT molecular complexity index is 679. The Morgan fingerprint density at radius 2 is 2.00 bits per heavy atom. The van der Waals surface area contributed by atoms with Gasteiger partial charge >= 0.3 is 5.97 Å². The second-order valence-electron chi connectivity index (χ2n) is 3.53. The van der Waals surface area contributed by atoms with E-state index in [2.05, 4.69) is 9.72 Å². The van der Waals surface area contributed by atoms with Crippen LogP contribution in [0.2, 0.25) is 0 Å². The van der Waals surface area contributed by atoms with Crippen LogP contribution in [0.3, 0.4) is 0 Å². The Labute approximate surface area is 100 Å². The Morgan fingerprint density at radius 1 is 1.33 bits per heavy atom. The average molecular weight is 253 g/mol. The summed E-state index contributed by atoms with van der Waals surface area (Å²) in [7, 11) is 0. The van der Waals surface area contributed by atoms with Crippen LogP contribution in [0.15, 0.2) is 23.1 Å². The normalized spacial score (nSPS) is 10.6. The summed E-state index contributed by atoms with van der Waals surface area (Å²) in [5.74, 6) is -2.53. The summed E-state index contributed by atoms with van der Waals surface area (Å²) >= 11 is 0. The maximum atomic E-state index is 13.5. The topological polar surface area (TPSA) is 59.2 Å². The first-order chi connectivity index (χ1) is 8.56. The summed E-state index contributed by atoms with van der Waals surface area (Å²) in [5.41, 5.74) is -1.51. The standard InChI is InChI=1S/C12H9F2NO3/c1-2-18-12(17)6-5-15-10-8(14)4-3-7(13)9(10)11(6)16/h3-5H,2H2,1H3,(H,15,16). The highest BCUT2D eigenvalue weighted by molar-refractivity contribution is 5.93. The molecule has 0 unspecified atom stereocenters. The molecular formula is C12H9F2NO3. The molecule has 0 radical (unpaired) electrons. The van der Waals surface area contributed by atoms with Crippen molar-refractivity contribution in [3.8, 4) is 0 Å². The molecule has 0 aliphatic rings. The van der Waals surface area contributed by atoms with Crippen molar-refractivity contribution in [1.82, 2.24) is 4.98 Å². The van der Waals surface area contributed by atoms with E-state index in [4.69, 9.17) is 0 Å². The van der Waals surface area contributed by atoms with Gasteiger partial charge < -0.3 is 9.72 Å². The third-order valence-corrected chi connectivity index (χ3v) is 2.43. The van der Waals surface area contributed by atoms with E-state index in [1.54, 1.807) is 6.92 Å². The number of aromatic amines is 1. The van der Waals surface area contributed by atoms with Gasteiger partial charge in [-0.2, -0.15) is 0 Å². The van der Waals surface area contributed by atoms with Gasteiger partial charge in [0, 0.05) is 6.20 Å². The molecule has 18 heavy (non-hydrogen) atoms. The van der Waals surface area contributed by atoms with Crippen LogP contribution in [0.25, 0.3) is 10.9 Å². The highest BCUT2D eigenvalue weighted by Gasteiger charge is 2.17. The number of carbonyl (C=O) groups is 1. The molecule has 0 saturated heterocycles. The summed E-state index contributed by atoms with van der Waals surface area (Å²) in [6.45, 7) is 1.66. The first kappa shape index (κ1) is 12.2. The number of ether oxygens (including phenoxy) is 1. The van der Waals surface area contributed by atoms with Crippen LogP contribution < -0.4 is 5.43 Å². The molecule has 4 nitrogen and oxygen atoms in total. The number of esters is 1. The van der Waals surface area contributed by atoms with Crippen LogP contribution in [0.4, 0.5) is 8.78 Å². The quantitative estimate of drug-likeness (QED) is 0.832. The number of nitrogens with one attached hydrogen (secondary N) is 1. The summed E-state index contributed by atoms with van der Waals surface area (Å²) in [5, 5.41) is -0.486. The van der Waals surface area contributed by atoms with Crippen LogP contribution in [-0.2, 0) is 4.74 Å². The lowest BCUT2D eigenvalue weighted by molar-refractivity contribution is 0.0524. The largest absolute Gasteiger partial charge is 0.462 e. The molecule has 0 atom stereocenters. The third-order valence-electron chi connectivity index (χ3n) is 2.43. The fraction of sp³-hybridized carbons (Fsp3) is 0.167. The Morgan fingerprint density at radius 3 is 2.67 bits per heavy atom. The molecular weight excluding hydrogens is 244 g/mol. The molecule has 1 N–H and O–H groups in total. The lowest BCUT2D eigenvalue weighted by Crippen LogP contribution is -2.19. The maximum Gasteiger partial charge on any atom is 0.343 e. The summed E-state index contributed by atoms with van der Waals surface area (Å²) in [4.78, 5) is 25.7. The van der Waals surface area contributed by atoms with E-state index in [-0.39, 0.29) is 17.7 Å². The van der Waals surface area contributed by atoms with Crippen molar-refractivity contribution in [2.45, 2.75) is 6.92 Å². The first-order valence-electron chi connectivity index (χ1n) is 5.22. The molecule has 0 amide bonds. The van der Waals surface area contributed by atoms with Gasteiger partial charge in [-0.15, -0.1) is 0 Å². The van der Waals surface area contributed by atoms with Crippen LogP contribution in [-0.4, -0.2) is 17.6 Å². The zero-order chi connectivity index (χ0) is 13.3. The van der Waals surface area contributed by atoms with Crippen molar-refractivity contribution in [1.29, 1.82) is 0 Å². The van der Waals surface area contributed by atoms with Crippen molar-refractivity contribution in [2.75, 3.05) is 6.61 Å². The van der Waals surface area contributed by atoms with Gasteiger partial charge in [0.15, 0.2) is 0 Å². The monoisotopic (exact) mass is 253 g/mol. The summed E-state index contributed by atoms with van der Waals surface area (Å²) < 4.78 is 31.5. The van der Waals surface area contributed by atoms with Crippen LogP contribution in [0.1, 0.15) is 17.3 Å². The van der Waals surface area contributed by atoms with Gasteiger partial charge in [-0.1, -0.05) is 0 Å². The fourth-order valence-electron chi connectivity index (χ4n) is 1.62. The minimum absolute atomic E-state index is 0.0853. The van der Waals surface area contributed by atoms with Gasteiger partial charge in [-0.05, 0) is 19.1 Å². The second kappa shape index (κ2) is 4.56. The molecule has 0 fully saturated rings. The van der Waals surface area contributed by atoms with Crippen molar-refractivity contribution in [2.24, 2.45) is 0 Å². The maximum absolute atomic E-state index is 13.5. The average Bonchev–Trinajstić information content (AvgIpc) is 2.34. The van der Waals surface area contributed by atoms with E-state index >= 15 is 0 Å². The molecule has 1 aromatic carbocycles. The van der Waals surface area contributed by atoms with Crippen LogP contribution in [0, 0.1) is 11.6 Å². The van der Waals surface area contributed by atoms with Crippen LogP contribution in [0.5, 0.6) is 0 Å². The first-order valence-corrected chi connectivity index (χ1v) is 5.22. The fourth-order valence-corrected chi connectivity index (χ4v) is 1.62. The molecule has 1 heterocycles. The van der Waals surface area contributed by atoms with E-state index in [0.29, 0.717) is 0 Å². The van der Waals surface area contributed by atoms with Gasteiger partial charge in [0.1, 0.15) is 17.2 Å². The molecule has 1 aromatic heterocycles. The minimum Gasteiger partial charge on any atom is -0.462 e. The van der Waals surface area contributed by atoms with Gasteiger partial charge in [0.25, 0.3) is 0 Å². The third kappa shape index (κ3) is 1.85. The molecule has 94 valence electrons. The molecule has 0 saturated carbocycles. The Balaban J connectivity index is 2.76. The zero-order valence-corrected chi connectivity index (χ0v) is 9.42. The number of benzene rings is 1. The van der Waals surface area contributed by atoms with E-state index < -0.39 is 28.4 Å². The summed E-state index contributed by atoms with van der Waals surface area (Å²) in [6.07, 6.45) is 1.02. The number of hydrogen-bond acceptors (Lipinski definition) is 3. The number of H-pyrrole nitrogens is 1. The molecule has 0 spiro atoms. The molecule has 2 aromatic rings. The zero-order valence-electron chi connectivity index (χ0n) is 9.42. The van der Waals surface area contributed by atoms with E-state index in [0.717, 1.165) is 18.3 Å². The number of hydrogen-bond donors (Lipinski definition) is 1. The van der Waals surface area contributed by atoms with Gasteiger partial charge in [0.05, 0.1) is 17.5 Å². The number of carbonyl (C=O) groups excluding carboxylic acids is 1. The predicted octanol–water partition coefficient (Wildman–Crippen LogP) is 1.98. The van der Waals surface area contributed by atoms with Crippen molar-refractivity contribution in [3.05, 3.63) is 45.8 Å². The Hall–Kier alpha value is -2.24. The number of fused-ring (bicyclic) bond motifs is 1. The SMILES string of the molecule is CCOC(=O)c1c[nH]c2c(F)ccc(F)c2c1=O. The molecule has 0 aliphatic heterocycles. The van der Waals surface area contributed by atoms with E-state index in [1.165, 1.54) is 0 Å². The highest BCUT2D eigenvalue weighted by Crippen LogP contribution is 2.16. The number of rotatable bonds is 2.